The fourth-order valence-electron chi connectivity index (χ4n) is 0.766. The molecule has 1 N–H and O–H groups in total. The maximum absolute atomic E-state index is 5.70. The van der Waals surface area contributed by atoms with Crippen LogP contribution in [0.1, 0.15) is 0 Å². The minimum Gasteiger partial charge on any atom is -0.380 e. The predicted molar refractivity (Wildman–Crippen MR) is 54.9 cm³/mol. The summed E-state index contributed by atoms with van der Waals surface area (Å²) in [6.45, 7) is 4.14. The van der Waals surface area contributed by atoms with Crippen molar-refractivity contribution in [1.82, 2.24) is 0 Å². The largest absolute Gasteiger partial charge is 0.380 e. The lowest BCUT2D eigenvalue weighted by Crippen LogP contribution is -1.99. The average molecular weight is 202 g/mol. The Morgan fingerprint density at radius 1 is 1.33 bits per heavy atom. The molecule has 0 heterocycles. The van der Waals surface area contributed by atoms with Crippen molar-refractivity contribution in [2.24, 2.45) is 0 Å². The Kier molecular flexibility index (Phi) is 3.45. The van der Waals surface area contributed by atoms with E-state index in [4.69, 9.17) is 23.2 Å². The number of rotatable bonds is 3. The van der Waals surface area contributed by atoms with Gasteiger partial charge in [-0.15, -0.1) is 0 Å². The van der Waals surface area contributed by atoms with Crippen molar-refractivity contribution in [2.75, 3.05) is 11.9 Å². The number of halogens is 2. The summed E-state index contributed by atoms with van der Waals surface area (Å²) in [5.74, 6) is 0. The van der Waals surface area contributed by atoms with Gasteiger partial charge >= 0.3 is 0 Å². The number of nitrogens with one attached hydrogen (secondary N) is 1. The normalized spacial score (nSPS) is 9.50. The average Bonchev–Trinajstić information content (AvgIpc) is 2.03. The van der Waals surface area contributed by atoms with Gasteiger partial charge in [0.05, 0.1) is 6.54 Å². The molecule has 1 aromatic rings. The van der Waals surface area contributed by atoms with Crippen molar-refractivity contribution in [1.29, 1.82) is 0 Å². The molecule has 0 aromatic heterocycles. The number of hydrogen-bond donors (Lipinski definition) is 1. The van der Waals surface area contributed by atoms with Gasteiger partial charge in [-0.25, -0.2) is 0 Å². The molecule has 3 heteroatoms. The van der Waals surface area contributed by atoms with Crippen molar-refractivity contribution in [3.63, 3.8) is 0 Å². The van der Waals surface area contributed by atoms with Gasteiger partial charge in [-0.2, -0.15) is 0 Å². The van der Waals surface area contributed by atoms with Crippen LogP contribution in [0.4, 0.5) is 5.69 Å². The molecule has 64 valence electrons. The van der Waals surface area contributed by atoms with Crippen LogP contribution < -0.4 is 5.32 Å². The Labute approximate surface area is 82.0 Å². The highest BCUT2D eigenvalue weighted by molar-refractivity contribution is 6.30. The van der Waals surface area contributed by atoms with E-state index < -0.39 is 0 Å². The molecule has 0 bridgehead atoms. The number of anilines is 1. The molecule has 0 saturated heterocycles. The van der Waals surface area contributed by atoms with Crippen LogP contribution in [0.15, 0.2) is 35.9 Å². The zero-order valence-electron chi connectivity index (χ0n) is 6.48. The van der Waals surface area contributed by atoms with E-state index in [9.17, 15) is 0 Å². The van der Waals surface area contributed by atoms with E-state index in [1.807, 2.05) is 24.3 Å². The maximum Gasteiger partial charge on any atom is 0.0501 e. The van der Waals surface area contributed by atoms with Crippen molar-refractivity contribution < 1.29 is 0 Å². The van der Waals surface area contributed by atoms with Crippen LogP contribution in [0.5, 0.6) is 0 Å². The smallest absolute Gasteiger partial charge is 0.0501 e. The van der Waals surface area contributed by atoms with E-state index in [0.717, 1.165) is 10.7 Å². The van der Waals surface area contributed by atoms with E-state index in [2.05, 4.69) is 11.9 Å². The van der Waals surface area contributed by atoms with Gasteiger partial charge in [-0.1, -0.05) is 29.8 Å². The molecule has 0 aliphatic carbocycles. The summed E-state index contributed by atoms with van der Waals surface area (Å²) in [7, 11) is 0. The summed E-state index contributed by atoms with van der Waals surface area (Å²) in [6.07, 6.45) is 0. The molecular formula is C9H9Cl2N. The SMILES string of the molecule is C=C(Cl)CNc1ccc(Cl)cc1. The molecule has 0 amide bonds. The molecule has 1 rings (SSSR count). The van der Waals surface area contributed by atoms with Crippen LogP contribution in [-0.2, 0) is 0 Å². The second-order valence-electron chi connectivity index (χ2n) is 2.38. The van der Waals surface area contributed by atoms with Crippen LogP contribution in [0.2, 0.25) is 5.02 Å². The first-order valence-corrected chi connectivity index (χ1v) is 4.27. The zero-order valence-corrected chi connectivity index (χ0v) is 7.99. The van der Waals surface area contributed by atoms with Gasteiger partial charge in [0.2, 0.25) is 0 Å². The number of hydrogen-bond acceptors (Lipinski definition) is 1. The molecule has 0 aliphatic rings. The third-order valence-electron chi connectivity index (χ3n) is 1.33. The number of benzene rings is 1. The summed E-state index contributed by atoms with van der Waals surface area (Å²) < 4.78 is 0. The molecule has 0 spiro atoms. The fraction of sp³-hybridized carbons (Fsp3) is 0.111. The Balaban J connectivity index is 2.53. The molecule has 0 atom stereocenters. The van der Waals surface area contributed by atoms with Gasteiger partial charge in [0.15, 0.2) is 0 Å². The lowest BCUT2D eigenvalue weighted by atomic mass is 10.3. The van der Waals surface area contributed by atoms with Gasteiger partial charge < -0.3 is 5.32 Å². The van der Waals surface area contributed by atoms with Crippen LogP contribution in [0.3, 0.4) is 0 Å². The summed E-state index contributed by atoms with van der Waals surface area (Å²) in [6, 6.07) is 7.42. The minimum absolute atomic E-state index is 0.573. The lowest BCUT2D eigenvalue weighted by Gasteiger charge is -2.03. The Morgan fingerprint density at radius 3 is 2.42 bits per heavy atom. The lowest BCUT2D eigenvalue weighted by molar-refractivity contribution is 1.32. The van der Waals surface area contributed by atoms with Crippen LogP contribution in [-0.4, -0.2) is 6.54 Å². The van der Waals surface area contributed by atoms with Crippen molar-refractivity contribution in [3.05, 3.63) is 40.9 Å². The highest BCUT2D eigenvalue weighted by Crippen LogP contribution is 2.13. The van der Waals surface area contributed by atoms with E-state index in [1.165, 1.54) is 0 Å². The van der Waals surface area contributed by atoms with Crippen LogP contribution in [0.25, 0.3) is 0 Å². The topological polar surface area (TPSA) is 12.0 Å². The second kappa shape index (κ2) is 4.39. The third kappa shape index (κ3) is 3.16. The van der Waals surface area contributed by atoms with Gasteiger partial charge in [-0.3, -0.25) is 0 Å². The third-order valence-corrected chi connectivity index (χ3v) is 1.71. The first-order valence-electron chi connectivity index (χ1n) is 3.51. The summed E-state index contributed by atoms with van der Waals surface area (Å²) >= 11 is 11.3. The standard InChI is InChI=1S/C9H9Cl2N/c1-7(10)6-12-9-4-2-8(11)3-5-9/h2-5,12H,1,6H2. The van der Waals surface area contributed by atoms with E-state index in [0.29, 0.717) is 11.6 Å². The highest BCUT2D eigenvalue weighted by atomic mass is 35.5. The summed E-state index contributed by atoms with van der Waals surface area (Å²) in [5, 5.41) is 4.40. The molecule has 0 fully saturated rings. The minimum atomic E-state index is 0.573. The quantitative estimate of drug-likeness (QED) is 0.790. The van der Waals surface area contributed by atoms with E-state index in [-0.39, 0.29) is 0 Å². The second-order valence-corrected chi connectivity index (χ2v) is 3.35. The molecule has 12 heavy (non-hydrogen) atoms. The molecule has 1 nitrogen and oxygen atoms in total. The zero-order chi connectivity index (χ0) is 8.97. The summed E-state index contributed by atoms with van der Waals surface area (Å²) in [4.78, 5) is 0. The molecule has 1 aromatic carbocycles. The Morgan fingerprint density at radius 2 is 1.92 bits per heavy atom. The summed E-state index contributed by atoms with van der Waals surface area (Å²) in [5.41, 5.74) is 0.987. The predicted octanol–water partition coefficient (Wildman–Crippen LogP) is 3.50. The first-order chi connectivity index (χ1) is 5.68. The fourth-order valence-corrected chi connectivity index (χ4v) is 0.959. The van der Waals surface area contributed by atoms with E-state index >= 15 is 0 Å². The van der Waals surface area contributed by atoms with E-state index in [1.54, 1.807) is 0 Å². The molecule has 0 radical (unpaired) electrons. The maximum atomic E-state index is 5.70. The highest BCUT2D eigenvalue weighted by Gasteiger charge is 1.91. The van der Waals surface area contributed by atoms with Crippen molar-refractivity contribution in [2.45, 2.75) is 0 Å². The van der Waals surface area contributed by atoms with Crippen molar-refractivity contribution in [3.8, 4) is 0 Å². The Bertz CT molecular complexity index is 266. The van der Waals surface area contributed by atoms with Crippen LogP contribution >= 0.6 is 23.2 Å². The molecule has 0 unspecified atom stereocenters. The van der Waals surface area contributed by atoms with Crippen molar-refractivity contribution >= 4 is 28.9 Å². The Hall–Kier alpha value is -0.660. The van der Waals surface area contributed by atoms with Gasteiger partial charge in [0.25, 0.3) is 0 Å². The van der Waals surface area contributed by atoms with Crippen LogP contribution in [0, 0.1) is 0 Å². The first kappa shape index (κ1) is 9.43. The molecule has 0 aliphatic heterocycles. The molecular weight excluding hydrogens is 193 g/mol. The van der Waals surface area contributed by atoms with Gasteiger partial charge in [-0.05, 0) is 24.3 Å². The molecule has 0 saturated carbocycles. The van der Waals surface area contributed by atoms with Gasteiger partial charge in [0.1, 0.15) is 0 Å². The van der Waals surface area contributed by atoms with Gasteiger partial charge in [0, 0.05) is 15.7 Å². The monoisotopic (exact) mass is 201 g/mol.